The Labute approximate surface area is 191 Å². The van der Waals surface area contributed by atoms with Crippen molar-refractivity contribution in [2.45, 2.75) is 57.0 Å². The van der Waals surface area contributed by atoms with Crippen molar-refractivity contribution < 1.29 is 17.9 Å². The summed E-state index contributed by atoms with van der Waals surface area (Å²) in [6.45, 7) is 7.16. The van der Waals surface area contributed by atoms with Gasteiger partial charge in [-0.05, 0) is 56.0 Å². The number of ether oxygens (including phenoxy) is 1. The fourth-order valence-corrected chi connectivity index (χ4v) is 5.40. The van der Waals surface area contributed by atoms with Gasteiger partial charge >= 0.3 is 0 Å². The molecule has 6 nitrogen and oxygen atoms in total. The first-order chi connectivity index (χ1) is 15.3. The summed E-state index contributed by atoms with van der Waals surface area (Å²) >= 11 is 0. The molecule has 3 rings (SSSR count). The fraction of sp³-hybridized carbons (Fsp3) is 0.480. The predicted molar refractivity (Wildman–Crippen MR) is 128 cm³/mol. The summed E-state index contributed by atoms with van der Waals surface area (Å²) in [5, 5.41) is 6.36. The monoisotopic (exact) mass is 458 g/mol. The number of carbonyl (C=O) groups is 1. The molecule has 2 atom stereocenters. The smallest absolute Gasteiger partial charge is 0.237 e. The van der Waals surface area contributed by atoms with E-state index in [1.165, 1.54) is 0 Å². The number of fused-ring (bicyclic) bond motifs is 4. The van der Waals surface area contributed by atoms with Gasteiger partial charge in [0, 0.05) is 5.56 Å². The molecule has 2 aromatic carbocycles. The second-order valence-corrected chi connectivity index (χ2v) is 11.0. The second-order valence-electron chi connectivity index (χ2n) is 8.91. The van der Waals surface area contributed by atoms with Crippen LogP contribution < -0.4 is 15.4 Å². The molecule has 2 bridgehead atoms. The Kier molecular flexibility index (Phi) is 8.32. The SMILES string of the molecule is CC(C)CN[C@H]1CCCCS(=O)(=O)c2ccccc2-c2cccc(c2)OC[C@@H](C)NC1=O. The van der Waals surface area contributed by atoms with Crippen molar-refractivity contribution in [1.82, 2.24) is 10.6 Å². The largest absolute Gasteiger partial charge is 0.491 e. The van der Waals surface area contributed by atoms with Crippen LogP contribution in [-0.2, 0) is 14.6 Å². The molecular weight excluding hydrogens is 424 g/mol. The molecule has 1 amide bonds. The Balaban J connectivity index is 1.90. The highest BCUT2D eigenvalue weighted by molar-refractivity contribution is 7.91. The van der Waals surface area contributed by atoms with Crippen LogP contribution >= 0.6 is 0 Å². The van der Waals surface area contributed by atoms with E-state index in [0.29, 0.717) is 48.0 Å². The molecule has 0 spiro atoms. The Morgan fingerprint density at radius 3 is 2.69 bits per heavy atom. The Morgan fingerprint density at radius 1 is 1.12 bits per heavy atom. The van der Waals surface area contributed by atoms with Gasteiger partial charge < -0.3 is 15.4 Å². The molecule has 0 aliphatic carbocycles. The third-order valence-electron chi connectivity index (χ3n) is 5.50. The topological polar surface area (TPSA) is 84.5 Å². The third-order valence-corrected chi connectivity index (χ3v) is 7.35. The highest BCUT2D eigenvalue weighted by Gasteiger charge is 2.23. The Morgan fingerprint density at radius 2 is 1.91 bits per heavy atom. The number of hydrogen-bond acceptors (Lipinski definition) is 5. The van der Waals surface area contributed by atoms with Crippen molar-refractivity contribution in [3.63, 3.8) is 0 Å². The molecule has 32 heavy (non-hydrogen) atoms. The lowest BCUT2D eigenvalue weighted by Gasteiger charge is -2.23. The van der Waals surface area contributed by atoms with Crippen LogP contribution in [0.15, 0.2) is 53.4 Å². The zero-order valence-electron chi connectivity index (χ0n) is 19.1. The minimum absolute atomic E-state index is 0.0507. The van der Waals surface area contributed by atoms with Crippen LogP contribution in [0.4, 0.5) is 0 Å². The van der Waals surface area contributed by atoms with Crippen molar-refractivity contribution in [3.8, 4) is 16.9 Å². The number of amides is 1. The average molecular weight is 459 g/mol. The fourth-order valence-electron chi connectivity index (χ4n) is 3.79. The molecular formula is C25H34N2O4S. The van der Waals surface area contributed by atoms with Gasteiger partial charge in [0.25, 0.3) is 0 Å². The van der Waals surface area contributed by atoms with Crippen LogP contribution in [0.5, 0.6) is 5.75 Å². The number of sulfone groups is 1. The lowest BCUT2D eigenvalue weighted by Crippen LogP contribution is -2.49. The van der Waals surface area contributed by atoms with Crippen molar-refractivity contribution in [3.05, 3.63) is 48.5 Å². The van der Waals surface area contributed by atoms with Gasteiger partial charge in [-0.2, -0.15) is 0 Å². The highest BCUT2D eigenvalue weighted by Crippen LogP contribution is 2.31. The molecule has 7 heteroatoms. The van der Waals surface area contributed by atoms with Crippen molar-refractivity contribution in [2.75, 3.05) is 18.9 Å². The standard InChI is InChI=1S/C25H34N2O4S/c1-18(2)16-26-23-12-6-7-14-32(29,30)24-13-5-4-11-22(24)20-9-8-10-21(15-20)31-17-19(3)27-25(23)28/h4-5,8-11,13,15,18-19,23,26H,6-7,12,14,16-17H2,1-3H3,(H,27,28)/t19-,23+/m1/s1. The predicted octanol–water partition coefficient (Wildman–Crippen LogP) is 3.81. The van der Waals surface area contributed by atoms with E-state index in [1.807, 2.05) is 43.3 Å². The third kappa shape index (κ3) is 6.56. The van der Waals surface area contributed by atoms with Gasteiger partial charge in [-0.15, -0.1) is 0 Å². The first-order valence-electron chi connectivity index (χ1n) is 11.3. The molecule has 2 aromatic rings. The van der Waals surface area contributed by atoms with E-state index in [-0.39, 0.29) is 23.7 Å². The van der Waals surface area contributed by atoms with E-state index < -0.39 is 9.84 Å². The van der Waals surface area contributed by atoms with Crippen molar-refractivity contribution >= 4 is 15.7 Å². The summed E-state index contributed by atoms with van der Waals surface area (Å²) < 4.78 is 32.2. The van der Waals surface area contributed by atoms with E-state index in [0.717, 1.165) is 12.1 Å². The molecule has 0 saturated heterocycles. The van der Waals surface area contributed by atoms with E-state index in [9.17, 15) is 13.2 Å². The van der Waals surface area contributed by atoms with Crippen LogP contribution in [0.1, 0.15) is 40.0 Å². The second kappa shape index (κ2) is 11.0. The minimum atomic E-state index is -3.46. The van der Waals surface area contributed by atoms with Crippen LogP contribution in [0, 0.1) is 5.92 Å². The summed E-state index contributed by atoms with van der Waals surface area (Å²) in [6.07, 6.45) is 1.73. The van der Waals surface area contributed by atoms with Crippen LogP contribution in [0.3, 0.4) is 0 Å². The van der Waals surface area contributed by atoms with Gasteiger partial charge in [-0.3, -0.25) is 4.79 Å². The molecule has 1 aliphatic heterocycles. The maximum absolute atomic E-state index is 13.2. The maximum Gasteiger partial charge on any atom is 0.237 e. The van der Waals surface area contributed by atoms with E-state index in [1.54, 1.807) is 12.1 Å². The molecule has 0 fully saturated rings. The number of hydrogen-bond donors (Lipinski definition) is 2. The molecule has 0 radical (unpaired) electrons. The molecule has 0 unspecified atom stereocenters. The van der Waals surface area contributed by atoms with Gasteiger partial charge in [0.1, 0.15) is 12.4 Å². The average Bonchev–Trinajstić information content (AvgIpc) is 2.76. The minimum Gasteiger partial charge on any atom is -0.491 e. The van der Waals surface area contributed by atoms with Crippen LogP contribution in [0.2, 0.25) is 0 Å². The molecule has 1 aliphatic rings. The highest BCUT2D eigenvalue weighted by atomic mass is 32.2. The van der Waals surface area contributed by atoms with Crippen molar-refractivity contribution in [1.29, 1.82) is 0 Å². The molecule has 0 aromatic heterocycles. The van der Waals surface area contributed by atoms with Gasteiger partial charge in [0.15, 0.2) is 9.84 Å². The zero-order valence-corrected chi connectivity index (χ0v) is 20.0. The van der Waals surface area contributed by atoms with Crippen LogP contribution in [0.25, 0.3) is 11.1 Å². The van der Waals surface area contributed by atoms with E-state index in [4.69, 9.17) is 4.74 Å². The van der Waals surface area contributed by atoms with E-state index >= 15 is 0 Å². The lowest BCUT2D eigenvalue weighted by atomic mass is 10.1. The summed E-state index contributed by atoms with van der Waals surface area (Å²) in [5.41, 5.74) is 1.48. The Bertz CT molecular complexity index is 1020. The van der Waals surface area contributed by atoms with Crippen LogP contribution in [-0.4, -0.2) is 45.3 Å². The zero-order chi connectivity index (χ0) is 23.1. The first-order valence-corrected chi connectivity index (χ1v) is 13.0. The normalized spacial score (nSPS) is 21.9. The van der Waals surface area contributed by atoms with Gasteiger partial charge in [-0.1, -0.05) is 50.6 Å². The van der Waals surface area contributed by atoms with E-state index in [2.05, 4.69) is 24.5 Å². The molecule has 2 N–H and O–H groups in total. The number of benzene rings is 2. The Hall–Kier alpha value is -2.38. The van der Waals surface area contributed by atoms with Gasteiger partial charge in [0.05, 0.1) is 22.7 Å². The van der Waals surface area contributed by atoms with Crippen molar-refractivity contribution in [2.24, 2.45) is 5.92 Å². The number of rotatable bonds is 3. The summed E-state index contributed by atoms with van der Waals surface area (Å²) in [4.78, 5) is 13.2. The molecule has 0 saturated carbocycles. The summed E-state index contributed by atoms with van der Waals surface area (Å²) in [5.74, 6) is 1.02. The van der Waals surface area contributed by atoms with Gasteiger partial charge in [0.2, 0.25) is 5.91 Å². The van der Waals surface area contributed by atoms with Gasteiger partial charge in [-0.25, -0.2) is 8.42 Å². The quantitative estimate of drug-likeness (QED) is 0.731. The summed E-state index contributed by atoms with van der Waals surface area (Å²) in [6, 6.07) is 14.0. The number of carbonyl (C=O) groups excluding carboxylic acids is 1. The number of nitrogens with one attached hydrogen (secondary N) is 2. The first kappa shape index (κ1) is 24.3. The lowest BCUT2D eigenvalue weighted by molar-refractivity contribution is -0.124. The molecule has 174 valence electrons. The summed E-state index contributed by atoms with van der Waals surface area (Å²) in [7, 11) is -3.46. The maximum atomic E-state index is 13.2. The molecule has 1 heterocycles.